The highest BCUT2D eigenvalue weighted by Gasteiger charge is 2.37. The van der Waals surface area contributed by atoms with E-state index in [2.05, 4.69) is 33.2 Å². The lowest BCUT2D eigenvalue weighted by atomic mass is 9.93. The lowest BCUT2D eigenvalue weighted by Gasteiger charge is -2.37. The maximum Gasteiger partial charge on any atom is 0.411 e. The number of piperidine rings is 1. The van der Waals surface area contributed by atoms with Crippen molar-refractivity contribution >= 4 is 33.6 Å². The molecule has 0 spiro atoms. The van der Waals surface area contributed by atoms with Crippen molar-refractivity contribution in [3.8, 4) is 11.5 Å². The maximum absolute atomic E-state index is 13.7. The van der Waals surface area contributed by atoms with E-state index in [0.717, 1.165) is 41.5 Å². The third-order valence-corrected chi connectivity index (χ3v) is 7.48. The molecule has 0 unspecified atom stereocenters. The second-order valence-corrected chi connectivity index (χ2v) is 12.1. The van der Waals surface area contributed by atoms with E-state index >= 15 is 0 Å². The number of methoxy groups -OCH3 is 1. The third-order valence-electron chi connectivity index (χ3n) is 6.99. The number of hydrogen-bond donors (Lipinski definition) is 1. The van der Waals surface area contributed by atoms with E-state index in [4.69, 9.17) is 14.2 Å². The molecule has 0 radical (unpaired) electrons. The number of ether oxygens (including phenoxy) is 3. The Morgan fingerprint density at radius 3 is 2.50 bits per heavy atom. The van der Waals surface area contributed by atoms with Crippen molar-refractivity contribution in [1.29, 1.82) is 0 Å². The van der Waals surface area contributed by atoms with Crippen LogP contribution < -0.4 is 14.8 Å². The SMILES string of the molecule is COc1ccc2c(c1)C[C@H](C(=O)Nc1ccc(Br)cc1OCC1CCN(C)CC1)N(C(=O)OC(C)(C)C)C2. The van der Waals surface area contributed by atoms with E-state index in [0.29, 0.717) is 36.1 Å². The smallest absolute Gasteiger partial charge is 0.411 e. The van der Waals surface area contributed by atoms with Crippen molar-refractivity contribution in [2.75, 3.05) is 39.2 Å². The molecule has 0 bridgehead atoms. The molecule has 2 aromatic carbocycles. The summed E-state index contributed by atoms with van der Waals surface area (Å²) in [4.78, 5) is 30.8. The first-order valence-corrected chi connectivity index (χ1v) is 13.9. The van der Waals surface area contributed by atoms with Crippen molar-refractivity contribution in [3.05, 3.63) is 52.0 Å². The Morgan fingerprint density at radius 2 is 1.82 bits per heavy atom. The van der Waals surface area contributed by atoms with Crippen LogP contribution in [-0.4, -0.2) is 67.3 Å². The summed E-state index contributed by atoms with van der Waals surface area (Å²) < 4.78 is 18.1. The second kappa shape index (κ2) is 11.9. The van der Waals surface area contributed by atoms with Gasteiger partial charge < -0.3 is 24.4 Å². The summed E-state index contributed by atoms with van der Waals surface area (Å²) in [5.41, 5.74) is 1.83. The van der Waals surface area contributed by atoms with Crippen molar-refractivity contribution in [2.45, 2.75) is 58.2 Å². The zero-order chi connectivity index (χ0) is 27.4. The number of anilines is 1. The Labute approximate surface area is 233 Å². The highest BCUT2D eigenvalue weighted by atomic mass is 79.9. The van der Waals surface area contributed by atoms with Crippen molar-refractivity contribution < 1.29 is 23.8 Å². The number of halogens is 1. The van der Waals surface area contributed by atoms with E-state index in [1.165, 1.54) is 4.90 Å². The number of hydrogen-bond acceptors (Lipinski definition) is 6. The molecule has 2 heterocycles. The van der Waals surface area contributed by atoms with E-state index in [9.17, 15) is 9.59 Å². The molecule has 2 amide bonds. The number of carbonyl (C=O) groups excluding carboxylic acids is 2. The lowest BCUT2D eigenvalue weighted by Crippen LogP contribution is -2.52. The first kappa shape index (κ1) is 28.2. The van der Waals surface area contributed by atoms with E-state index in [-0.39, 0.29) is 12.5 Å². The zero-order valence-corrected chi connectivity index (χ0v) is 24.5. The summed E-state index contributed by atoms with van der Waals surface area (Å²) in [6.45, 7) is 8.44. The van der Waals surface area contributed by atoms with Gasteiger partial charge in [-0.15, -0.1) is 0 Å². The highest BCUT2D eigenvalue weighted by Crippen LogP contribution is 2.32. The summed E-state index contributed by atoms with van der Waals surface area (Å²) >= 11 is 3.52. The largest absolute Gasteiger partial charge is 0.497 e. The molecule has 4 rings (SSSR count). The number of carbonyl (C=O) groups is 2. The first-order valence-electron chi connectivity index (χ1n) is 13.1. The quantitative estimate of drug-likeness (QED) is 0.482. The van der Waals surface area contributed by atoms with Crippen LogP contribution in [0, 0.1) is 5.92 Å². The third kappa shape index (κ3) is 7.20. The van der Waals surface area contributed by atoms with Crippen molar-refractivity contribution in [1.82, 2.24) is 9.80 Å². The molecule has 9 heteroatoms. The van der Waals surface area contributed by atoms with E-state index < -0.39 is 17.7 Å². The first-order chi connectivity index (χ1) is 18.0. The monoisotopic (exact) mass is 587 g/mol. The standard InChI is InChI=1S/C29H38BrN3O5/c1-29(2,3)38-28(35)33-17-20-6-8-23(36-5)14-21(20)15-25(33)27(34)31-24-9-7-22(30)16-26(24)37-18-19-10-12-32(4)13-11-19/h6-9,14,16,19,25H,10-13,15,17-18H2,1-5H3,(H,31,34)/t25-/m1/s1. The van der Waals surface area contributed by atoms with Gasteiger partial charge in [-0.2, -0.15) is 0 Å². The van der Waals surface area contributed by atoms with Crippen LogP contribution in [0.5, 0.6) is 11.5 Å². The molecule has 1 saturated heterocycles. The Balaban J connectivity index is 1.54. The Hall–Kier alpha value is -2.78. The van der Waals surface area contributed by atoms with Gasteiger partial charge in [0.2, 0.25) is 5.91 Å². The Kier molecular flexibility index (Phi) is 8.88. The van der Waals surface area contributed by atoms with Gasteiger partial charge in [0.15, 0.2) is 0 Å². The summed E-state index contributed by atoms with van der Waals surface area (Å²) in [7, 11) is 3.75. The minimum atomic E-state index is -0.755. The number of nitrogens with zero attached hydrogens (tertiary/aromatic N) is 2. The molecule has 1 fully saturated rings. The van der Waals surface area contributed by atoms with Gasteiger partial charge in [0.25, 0.3) is 0 Å². The van der Waals surface area contributed by atoms with E-state index in [1.807, 2.05) is 57.2 Å². The fourth-order valence-corrected chi connectivity index (χ4v) is 5.14. The summed E-state index contributed by atoms with van der Waals surface area (Å²) in [6.07, 6.45) is 2.00. The molecule has 8 nitrogen and oxygen atoms in total. The maximum atomic E-state index is 13.7. The van der Waals surface area contributed by atoms with Gasteiger partial charge in [0, 0.05) is 10.9 Å². The van der Waals surface area contributed by atoms with Gasteiger partial charge in [-0.05, 0) is 101 Å². The van der Waals surface area contributed by atoms with Gasteiger partial charge in [-0.3, -0.25) is 9.69 Å². The summed E-state index contributed by atoms with van der Waals surface area (Å²) in [6, 6.07) is 10.5. The Bertz CT molecular complexity index is 1160. The molecule has 2 aliphatic rings. The minimum absolute atomic E-state index is 0.270. The van der Waals surface area contributed by atoms with Crippen LogP contribution in [0.2, 0.25) is 0 Å². The van der Waals surface area contributed by atoms with Crippen molar-refractivity contribution in [3.63, 3.8) is 0 Å². The molecule has 0 aromatic heterocycles. The molecular weight excluding hydrogens is 550 g/mol. The molecule has 1 N–H and O–H groups in total. The van der Waals surface area contributed by atoms with Crippen LogP contribution in [0.25, 0.3) is 0 Å². The van der Waals surface area contributed by atoms with Crippen LogP contribution in [0.3, 0.4) is 0 Å². The predicted molar refractivity (Wildman–Crippen MR) is 151 cm³/mol. The molecule has 38 heavy (non-hydrogen) atoms. The average molecular weight is 589 g/mol. The fourth-order valence-electron chi connectivity index (χ4n) is 4.80. The topological polar surface area (TPSA) is 80.3 Å². The highest BCUT2D eigenvalue weighted by molar-refractivity contribution is 9.10. The minimum Gasteiger partial charge on any atom is -0.497 e. The van der Waals surface area contributed by atoms with Crippen LogP contribution in [0.15, 0.2) is 40.9 Å². The number of amides is 2. The van der Waals surface area contributed by atoms with E-state index in [1.54, 1.807) is 7.11 Å². The number of likely N-dealkylation sites (tertiary alicyclic amines) is 1. The molecule has 2 aliphatic heterocycles. The van der Waals surface area contributed by atoms with Crippen LogP contribution >= 0.6 is 15.9 Å². The zero-order valence-electron chi connectivity index (χ0n) is 22.9. The number of rotatable bonds is 6. The number of nitrogens with one attached hydrogen (secondary N) is 1. The van der Waals surface area contributed by atoms with Gasteiger partial charge in [0.1, 0.15) is 23.1 Å². The molecular formula is C29H38BrN3O5. The van der Waals surface area contributed by atoms with Crippen LogP contribution in [0.1, 0.15) is 44.7 Å². The van der Waals surface area contributed by atoms with Crippen molar-refractivity contribution in [2.24, 2.45) is 5.92 Å². The molecule has 0 saturated carbocycles. The van der Waals surface area contributed by atoms with Gasteiger partial charge >= 0.3 is 6.09 Å². The predicted octanol–water partition coefficient (Wildman–Crippen LogP) is 5.48. The van der Waals surface area contributed by atoms with Crippen LogP contribution in [0.4, 0.5) is 10.5 Å². The summed E-state index contributed by atoms with van der Waals surface area (Å²) in [5.74, 6) is 1.50. The molecule has 2 aromatic rings. The van der Waals surface area contributed by atoms with Gasteiger partial charge in [-0.1, -0.05) is 22.0 Å². The number of fused-ring (bicyclic) bond motifs is 1. The molecule has 1 atom stereocenters. The van der Waals surface area contributed by atoms with Gasteiger partial charge in [-0.25, -0.2) is 4.79 Å². The Morgan fingerprint density at radius 1 is 1.08 bits per heavy atom. The fraction of sp³-hybridized carbons (Fsp3) is 0.517. The van der Waals surface area contributed by atoms with Crippen LogP contribution in [-0.2, 0) is 22.5 Å². The second-order valence-electron chi connectivity index (χ2n) is 11.2. The van der Waals surface area contributed by atoms with Gasteiger partial charge in [0.05, 0.1) is 25.9 Å². The normalized spacial score (nSPS) is 18.5. The average Bonchev–Trinajstić information content (AvgIpc) is 2.87. The summed E-state index contributed by atoms with van der Waals surface area (Å²) in [5, 5.41) is 3.04. The number of benzene rings is 2. The molecule has 206 valence electrons. The molecule has 0 aliphatic carbocycles. The lowest BCUT2D eigenvalue weighted by molar-refractivity contribution is -0.121.